The first-order chi connectivity index (χ1) is 9.65. The highest BCUT2D eigenvalue weighted by Gasteiger charge is 2.13. The van der Waals surface area contributed by atoms with Crippen LogP contribution < -0.4 is 0 Å². The molecule has 20 heavy (non-hydrogen) atoms. The van der Waals surface area contributed by atoms with Crippen molar-refractivity contribution in [2.75, 3.05) is 0 Å². The van der Waals surface area contributed by atoms with E-state index in [9.17, 15) is 5.26 Å². The van der Waals surface area contributed by atoms with Crippen molar-refractivity contribution in [3.8, 4) is 6.07 Å². The molecule has 0 amide bonds. The Balaban J connectivity index is 2.19. The number of nitriles is 1. The summed E-state index contributed by atoms with van der Waals surface area (Å²) in [5.41, 5.74) is 1.23. The molecule has 2 rings (SSSR count). The Morgan fingerprint density at radius 3 is 2.80 bits per heavy atom. The first-order valence-electron chi connectivity index (χ1n) is 6.28. The summed E-state index contributed by atoms with van der Waals surface area (Å²) in [4.78, 5) is 8.54. The van der Waals surface area contributed by atoms with Crippen LogP contribution in [-0.4, -0.2) is 30.2 Å². The lowest BCUT2D eigenvalue weighted by Gasteiger charge is -2.06. The summed E-state index contributed by atoms with van der Waals surface area (Å²) in [6, 6.07) is 2.16. The van der Waals surface area contributed by atoms with Crippen LogP contribution in [0.15, 0.2) is 5.03 Å². The smallest absolute Gasteiger partial charge is 0.161 e. The highest BCUT2D eigenvalue weighted by molar-refractivity contribution is 7.98. The van der Waals surface area contributed by atoms with E-state index < -0.39 is 0 Å². The Kier molecular flexibility index (Phi) is 4.63. The first-order valence-corrected chi connectivity index (χ1v) is 7.27. The van der Waals surface area contributed by atoms with Gasteiger partial charge in [0.1, 0.15) is 22.5 Å². The van der Waals surface area contributed by atoms with Gasteiger partial charge >= 0.3 is 0 Å². The molecule has 0 aliphatic carbocycles. The Bertz CT molecular complexity index is 644. The molecule has 0 saturated heterocycles. The first kappa shape index (κ1) is 14.4. The molecule has 0 radical (unpaired) electrons. The van der Waals surface area contributed by atoms with Crippen molar-refractivity contribution in [3.05, 3.63) is 22.9 Å². The number of tetrazole rings is 1. The van der Waals surface area contributed by atoms with E-state index in [0.29, 0.717) is 27.9 Å². The average molecular weight is 289 g/mol. The van der Waals surface area contributed by atoms with Crippen molar-refractivity contribution >= 4 is 11.8 Å². The molecule has 0 spiro atoms. The van der Waals surface area contributed by atoms with E-state index in [4.69, 9.17) is 0 Å². The van der Waals surface area contributed by atoms with E-state index in [1.54, 1.807) is 4.68 Å². The molecule has 0 fully saturated rings. The lowest BCUT2D eigenvalue weighted by Crippen LogP contribution is -2.05. The van der Waals surface area contributed by atoms with Crippen molar-refractivity contribution in [2.24, 2.45) is 0 Å². The van der Waals surface area contributed by atoms with Crippen molar-refractivity contribution in [1.29, 1.82) is 5.26 Å². The average Bonchev–Trinajstić information content (AvgIpc) is 2.84. The largest absolute Gasteiger partial charge is 0.237 e. The summed E-state index contributed by atoms with van der Waals surface area (Å²) < 4.78 is 1.78. The molecule has 2 aromatic rings. The third kappa shape index (κ3) is 3.11. The third-order valence-electron chi connectivity index (χ3n) is 2.66. The van der Waals surface area contributed by atoms with E-state index >= 15 is 0 Å². The highest BCUT2D eigenvalue weighted by Crippen LogP contribution is 2.24. The number of nitrogens with zero attached hydrogens (tertiary/aromatic N) is 7. The van der Waals surface area contributed by atoms with E-state index in [1.807, 2.05) is 13.8 Å². The number of thioether (sulfide) groups is 1. The number of rotatable bonds is 5. The highest BCUT2D eigenvalue weighted by atomic mass is 32.2. The second-order valence-electron chi connectivity index (χ2n) is 4.26. The molecule has 104 valence electrons. The minimum Gasteiger partial charge on any atom is -0.237 e. The van der Waals surface area contributed by atoms with Crippen molar-refractivity contribution in [2.45, 2.75) is 44.5 Å². The van der Waals surface area contributed by atoms with Gasteiger partial charge in [-0.1, -0.05) is 18.7 Å². The van der Waals surface area contributed by atoms with Gasteiger partial charge in [0, 0.05) is 6.54 Å². The normalized spacial score (nSPS) is 10.5. The maximum atomic E-state index is 9.20. The van der Waals surface area contributed by atoms with Crippen LogP contribution in [0.5, 0.6) is 0 Å². The second-order valence-corrected chi connectivity index (χ2v) is 5.22. The van der Waals surface area contributed by atoms with Crippen LogP contribution in [-0.2, 0) is 12.3 Å². The molecule has 8 heteroatoms. The van der Waals surface area contributed by atoms with Gasteiger partial charge in [-0.3, -0.25) is 0 Å². The van der Waals surface area contributed by atoms with Crippen LogP contribution in [0.1, 0.15) is 36.3 Å². The SMILES string of the molecule is CCCn1nnnc1CSc1nc(C)nc(C)c1C#N. The Morgan fingerprint density at radius 2 is 2.10 bits per heavy atom. The number of aryl methyl sites for hydroxylation is 3. The van der Waals surface area contributed by atoms with Gasteiger partial charge in [-0.15, -0.1) is 5.10 Å². The van der Waals surface area contributed by atoms with Crippen LogP contribution >= 0.6 is 11.8 Å². The summed E-state index contributed by atoms with van der Waals surface area (Å²) in [6.45, 7) is 6.50. The fraction of sp³-hybridized carbons (Fsp3) is 0.500. The lowest BCUT2D eigenvalue weighted by atomic mass is 10.3. The van der Waals surface area contributed by atoms with Crippen molar-refractivity contribution < 1.29 is 0 Å². The van der Waals surface area contributed by atoms with Gasteiger partial charge in [-0.25, -0.2) is 14.6 Å². The zero-order valence-electron chi connectivity index (χ0n) is 11.7. The van der Waals surface area contributed by atoms with Crippen molar-refractivity contribution in [1.82, 2.24) is 30.2 Å². The fourth-order valence-electron chi connectivity index (χ4n) is 1.76. The van der Waals surface area contributed by atoms with E-state index in [0.717, 1.165) is 18.8 Å². The number of hydrogen-bond donors (Lipinski definition) is 0. The van der Waals surface area contributed by atoms with Gasteiger partial charge in [0.05, 0.1) is 11.4 Å². The van der Waals surface area contributed by atoms with Gasteiger partial charge in [0.2, 0.25) is 0 Å². The zero-order valence-corrected chi connectivity index (χ0v) is 12.5. The standard InChI is InChI=1S/C12H15N7S/c1-4-5-19-11(16-17-18-19)7-20-12-10(6-13)8(2)14-9(3)15-12/h4-5,7H2,1-3H3. The van der Waals surface area contributed by atoms with E-state index in [2.05, 4.69) is 38.5 Å². The predicted molar refractivity (Wildman–Crippen MR) is 73.9 cm³/mol. The van der Waals surface area contributed by atoms with Gasteiger partial charge in [0.25, 0.3) is 0 Å². The molecular formula is C12H15N7S. The molecule has 0 aromatic carbocycles. The maximum Gasteiger partial charge on any atom is 0.161 e. The van der Waals surface area contributed by atoms with Crippen LogP contribution in [0.4, 0.5) is 0 Å². The maximum absolute atomic E-state index is 9.20. The molecule has 0 atom stereocenters. The molecule has 0 saturated carbocycles. The van der Waals surface area contributed by atoms with Crippen LogP contribution in [0.2, 0.25) is 0 Å². The Labute approximate surface area is 121 Å². The number of aromatic nitrogens is 6. The summed E-state index contributed by atoms with van der Waals surface area (Å²) in [5.74, 6) is 2.03. The minimum absolute atomic E-state index is 0.523. The van der Waals surface area contributed by atoms with Gasteiger partial charge in [-0.2, -0.15) is 5.26 Å². The molecule has 7 nitrogen and oxygen atoms in total. The summed E-state index contributed by atoms with van der Waals surface area (Å²) >= 11 is 1.46. The molecule has 0 aliphatic heterocycles. The minimum atomic E-state index is 0.523. The van der Waals surface area contributed by atoms with E-state index in [-0.39, 0.29) is 0 Å². The molecule has 0 N–H and O–H groups in total. The molecule has 0 bridgehead atoms. The second kappa shape index (κ2) is 6.43. The molecule has 0 aliphatic rings. The Morgan fingerprint density at radius 1 is 1.30 bits per heavy atom. The summed E-state index contributed by atoms with van der Waals surface area (Å²) in [7, 11) is 0. The summed E-state index contributed by atoms with van der Waals surface area (Å²) in [5, 5.41) is 21.5. The van der Waals surface area contributed by atoms with Crippen molar-refractivity contribution in [3.63, 3.8) is 0 Å². The zero-order chi connectivity index (χ0) is 14.5. The van der Waals surface area contributed by atoms with Gasteiger partial charge in [-0.05, 0) is 30.7 Å². The topological polar surface area (TPSA) is 93.2 Å². The Hall–Kier alpha value is -2.01. The van der Waals surface area contributed by atoms with Crippen LogP contribution in [0, 0.1) is 25.2 Å². The summed E-state index contributed by atoms with van der Waals surface area (Å²) in [6.07, 6.45) is 0.970. The monoisotopic (exact) mass is 289 g/mol. The molecular weight excluding hydrogens is 274 g/mol. The lowest BCUT2D eigenvalue weighted by molar-refractivity contribution is 0.564. The number of hydrogen-bond acceptors (Lipinski definition) is 7. The fourth-order valence-corrected chi connectivity index (χ4v) is 2.77. The third-order valence-corrected chi connectivity index (χ3v) is 3.63. The van der Waals surface area contributed by atoms with E-state index in [1.165, 1.54) is 11.8 Å². The van der Waals surface area contributed by atoms with Crippen LogP contribution in [0.3, 0.4) is 0 Å². The molecule has 2 heterocycles. The molecule has 2 aromatic heterocycles. The quantitative estimate of drug-likeness (QED) is 0.610. The van der Waals surface area contributed by atoms with Crippen LogP contribution in [0.25, 0.3) is 0 Å². The van der Waals surface area contributed by atoms with Gasteiger partial charge < -0.3 is 0 Å². The predicted octanol–water partition coefficient (Wildman–Crippen LogP) is 1.65. The molecule has 0 unspecified atom stereocenters. The van der Waals surface area contributed by atoms with Gasteiger partial charge in [0.15, 0.2) is 5.82 Å².